The SMILES string of the molecule is COc1ccc(C(=O)NC2CCC(NC(=O)[C@@H]3CCCN3C(=O)c3ccc(C(C)(C)C)cc3)CC2)cc1. The molecule has 198 valence electrons. The van der Waals surface area contributed by atoms with E-state index in [0.29, 0.717) is 29.8 Å². The number of hydrogen-bond donors (Lipinski definition) is 2. The minimum atomic E-state index is -0.428. The Labute approximate surface area is 220 Å². The molecule has 0 spiro atoms. The highest BCUT2D eigenvalue weighted by atomic mass is 16.5. The van der Waals surface area contributed by atoms with Crippen LogP contribution >= 0.6 is 0 Å². The summed E-state index contributed by atoms with van der Waals surface area (Å²) in [6.07, 6.45) is 4.72. The van der Waals surface area contributed by atoms with Crippen molar-refractivity contribution in [1.82, 2.24) is 15.5 Å². The Morgan fingerprint density at radius 1 is 0.811 bits per heavy atom. The molecule has 2 aromatic rings. The van der Waals surface area contributed by atoms with Crippen LogP contribution in [0.3, 0.4) is 0 Å². The Kier molecular flexibility index (Phi) is 8.20. The lowest BCUT2D eigenvalue weighted by molar-refractivity contribution is -0.125. The van der Waals surface area contributed by atoms with E-state index >= 15 is 0 Å². The summed E-state index contributed by atoms with van der Waals surface area (Å²) in [4.78, 5) is 40.7. The van der Waals surface area contributed by atoms with E-state index in [9.17, 15) is 14.4 Å². The third kappa shape index (κ3) is 6.51. The van der Waals surface area contributed by atoms with E-state index in [2.05, 4.69) is 31.4 Å². The smallest absolute Gasteiger partial charge is 0.254 e. The normalized spacial score (nSPS) is 21.8. The summed E-state index contributed by atoms with van der Waals surface area (Å²) < 4.78 is 5.15. The molecule has 4 rings (SSSR count). The van der Waals surface area contributed by atoms with Gasteiger partial charge in [0, 0.05) is 29.8 Å². The van der Waals surface area contributed by atoms with E-state index in [0.717, 1.165) is 32.1 Å². The highest BCUT2D eigenvalue weighted by Gasteiger charge is 2.36. The van der Waals surface area contributed by atoms with Gasteiger partial charge in [0.15, 0.2) is 0 Å². The zero-order valence-corrected chi connectivity index (χ0v) is 22.4. The Balaban J connectivity index is 1.27. The van der Waals surface area contributed by atoms with E-state index in [1.54, 1.807) is 36.3 Å². The Hall–Kier alpha value is -3.35. The summed E-state index contributed by atoms with van der Waals surface area (Å²) in [7, 11) is 1.60. The first-order chi connectivity index (χ1) is 17.7. The summed E-state index contributed by atoms with van der Waals surface area (Å²) in [6.45, 7) is 7.04. The van der Waals surface area contributed by atoms with Crippen molar-refractivity contribution in [2.24, 2.45) is 0 Å². The van der Waals surface area contributed by atoms with Gasteiger partial charge in [-0.3, -0.25) is 14.4 Å². The second kappa shape index (κ2) is 11.4. The molecular weight excluding hydrogens is 466 g/mol. The van der Waals surface area contributed by atoms with Crippen molar-refractivity contribution in [1.29, 1.82) is 0 Å². The molecule has 1 saturated heterocycles. The lowest BCUT2D eigenvalue weighted by atomic mass is 9.86. The number of hydrogen-bond acceptors (Lipinski definition) is 4. The number of nitrogens with one attached hydrogen (secondary N) is 2. The van der Waals surface area contributed by atoms with Gasteiger partial charge in [0.25, 0.3) is 11.8 Å². The van der Waals surface area contributed by atoms with Crippen LogP contribution in [0.1, 0.15) is 85.6 Å². The first-order valence-corrected chi connectivity index (χ1v) is 13.3. The first-order valence-electron chi connectivity index (χ1n) is 13.3. The quantitative estimate of drug-likeness (QED) is 0.607. The van der Waals surface area contributed by atoms with Gasteiger partial charge < -0.3 is 20.3 Å². The molecule has 3 amide bonds. The van der Waals surface area contributed by atoms with E-state index in [1.807, 2.05) is 24.3 Å². The molecule has 0 radical (unpaired) electrons. The maximum absolute atomic E-state index is 13.2. The zero-order chi connectivity index (χ0) is 26.6. The first kappa shape index (κ1) is 26.7. The molecule has 2 N–H and O–H groups in total. The summed E-state index contributed by atoms with van der Waals surface area (Å²) in [5.41, 5.74) is 2.43. The van der Waals surface area contributed by atoms with Crippen molar-refractivity contribution in [2.75, 3.05) is 13.7 Å². The monoisotopic (exact) mass is 505 g/mol. The summed E-state index contributed by atoms with van der Waals surface area (Å²) in [5, 5.41) is 6.29. The van der Waals surface area contributed by atoms with E-state index < -0.39 is 6.04 Å². The second-order valence-corrected chi connectivity index (χ2v) is 11.2. The average Bonchev–Trinajstić information content (AvgIpc) is 3.39. The van der Waals surface area contributed by atoms with Crippen LogP contribution in [0.5, 0.6) is 5.75 Å². The molecule has 1 aliphatic carbocycles. The van der Waals surface area contributed by atoms with Gasteiger partial charge >= 0.3 is 0 Å². The van der Waals surface area contributed by atoms with Crippen LogP contribution in [0.25, 0.3) is 0 Å². The average molecular weight is 506 g/mol. The minimum absolute atomic E-state index is 0.0230. The number of rotatable bonds is 6. The van der Waals surface area contributed by atoms with Gasteiger partial charge in [-0.15, -0.1) is 0 Å². The molecule has 1 atom stereocenters. The number of carbonyl (C=O) groups is 3. The highest BCUT2D eigenvalue weighted by molar-refractivity contribution is 5.98. The molecule has 2 fully saturated rings. The van der Waals surface area contributed by atoms with Crippen molar-refractivity contribution in [3.8, 4) is 5.75 Å². The fourth-order valence-electron chi connectivity index (χ4n) is 5.25. The summed E-state index contributed by atoms with van der Waals surface area (Å²) in [6, 6.07) is 14.5. The molecule has 37 heavy (non-hydrogen) atoms. The lowest BCUT2D eigenvalue weighted by Gasteiger charge is -2.32. The van der Waals surface area contributed by atoms with Gasteiger partial charge in [-0.05, 0) is 85.9 Å². The third-order valence-corrected chi connectivity index (χ3v) is 7.58. The van der Waals surface area contributed by atoms with Gasteiger partial charge in [0.2, 0.25) is 5.91 Å². The Morgan fingerprint density at radius 2 is 1.38 bits per heavy atom. The standard InChI is InChI=1S/C30H39N3O4/c1-30(2,3)22-11-7-21(8-12-22)29(36)33-19-5-6-26(33)28(35)32-24-15-13-23(14-16-24)31-27(34)20-9-17-25(37-4)18-10-20/h7-12,17-18,23-24,26H,5-6,13-16,19H2,1-4H3,(H,31,34)(H,32,35)/t23?,24?,26-/m0/s1. The van der Waals surface area contributed by atoms with Crippen molar-refractivity contribution in [3.63, 3.8) is 0 Å². The highest BCUT2D eigenvalue weighted by Crippen LogP contribution is 2.26. The molecule has 1 aliphatic heterocycles. The van der Waals surface area contributed by atoms with Crippen LogP contribution in [0.2, 0.25) is 0 Å². The van der Waals surface area contributed by atoms with Gasteiger partial charge in [0.05, 0.1) is 7.11 Å². The van der Waals surface area contributed by atoms with Gasteiger partial charge in [0.1, 0.15) is 11.8 Å². The maximum atomic E-state index is 13.2. The molecule has 2 aromatic carbocycles. The number of amides is 3. The third-order valence-electron chi connectivity index (χ3n) is 7.58. The minimum Gasteiger partial charge on any atom is -0.497 e. The maximum Gasteiger partial charge on any atom is 0.254 e. The number of nitrogens with zero attached hydrogens (tertiary/aromatic N) is 1. The number of carbonyl (C=O) groups excluding carboxylic acids is 3. The number of likely N-dealkylation sites (tertiary alicyclic amines) is 1. The number of methoxy groups -OCH3 is 1. The number of benzene rings is 2. The zero-order valence-electron chi connectivity index (χ0n) is 22.4. The lowest BCUT2D eigenvalue weighted by Crippen LogP contribution is -2.50. The van der Waals surface area contributed by atoms with Crippen molar-refractivity contribution in [2.45, 2.75) is 82.8 Å². The van der Waals surface area contributed by atoms with Crippen LogP contribution < -0.4 is 15.4 Å². The van der Waals surface area contributed by atoms with E-state index in [4.69, 9.17) is 4.74 Å². The fraction of sp³-hybridized carbons (Fsp3) is 0.500. The van der Waals surface area contributed by atoms with Crippen LogP contribution in [-0.4, -0.2) is 54.4 Å². The summed E-state index contributed by atoms with van der Waals surface area (Å²) >= 11 is 0. The van der Waals surface area contributed by atoms with Crippen molar-refractivity contribution >= 4 is 17.7 Å². The largest absolute Gasteiger partial charge is 0.497 e. The van der Waals surface area contributed by atoms with Crippen molar-refractivity contribution < 1.29 is 19.1 Å². The molecule has 2 aliphatic rings. The van der Waals surface area contributed by atoms with Gasteiger partial charge in [-0.2, -0.15) is 0 Å². The molecule has 0 unspecified atom stereocenters. The van der Waals surface area contributed by atoms with Gasteiger partial charge in [-0.25, -0.2) is 0 Å². The van der Waals surface area contributed by atoms with Crippen LogP contribution in [0.4, 0.5) is 0 Å². The predicted octanol–water partition coefficient (Wildman–Crippen LogP) is 4.45. The second-order valence-electron chi connectivity index (χ2n) is 11.2. The van der Waals surface area contributed by atoms with Crippen LogP contribution in [0.15, 0.2) is 48.5 Å². The molecule has 7 nitrogen and oxygen atoms in total. The van der Waals surface area contributed by atoms with E-state index in [-0.39, 0.29) is 35.2 Å². The van der Waals surface area contributed by atoms with Crippen LogP contribution in [-0.2, 0) is 10.2 Å². The molecule has 0 aromatic heterocycles. The summed E-state index contributed by atoms with van der Waals surface area (Å²) in [5.74, 6) is 0.477. The van der Waals surface area contributed by atoms with Crippen molar-refractivity contribution in [3.05, 3.63) is 65.2 Å². The Morgan fingerprint density at radius 3 is 1.95 bits per heavy atom. The molecule has 1 heterocycles. The number of ether oxygens (including phenoxy) is 1. The molecule has 1 saturated carbocycles. The molecular formula is C30H39N3O4. The molecule has 7 heteroatoms. The van der Waals surface area contributed by atoms with Gasteiger partial charge in [-0.1, -0.05) is 32.9 Å². The predicted molar refractivity (Wildman–Crippen MR) is 144 cm³/mol. The Bertz CT molecular complexity index is 1100. The molecule has 0 bridgehead atoms. The topological polar surface area (TPSA) is 87.7 Å². The van der Waals surface area contributed by atoms with Crippen LogP contribution in [0, 0.1) is 0 Å². The fourth-order valence-corrected chi connectivity index (χ4v) is 5.25. The van der Waals surface area contributed by atoms with E-state index in [1.165, 1.54) is 5.56 Å².